The quantitative estimate of drug-likeness (QED) is 0.668. The van der Waals surface area contributed by atoms with Crippen molar-refractivity contribution < 1.29 is 9.31 Å². The second-order valence-corrected chi connectivity index (χ2v) is 6.22. The first-order chi connectivity index (χ1) is 7.41. The standard InChI is InChI=1S/C13H24BO2/c1-12(2)13(3,4)16-14(15-12)10-11-8-6-5-7-9-11/h10-11H,5-9H2,1-4H3. The molecule has 2 aliphatic rings. The molecule has 0 bridgehead atoms. The first-order valence-electron chi connectivity index (χ1n) is 6.61. The van der Waals surface area contributed by atoms with E-state index in [1.165, 1.54) is 32.1 Å². The molecular formula is C13H24BO2. The molecule has 2 rings (SSSR count). The van der Waals surface area contributed by atoms with Crippen LogP contribution in [0.4, 0.5) is 0 Å². The van der Waals surface area contributed by atoms with Crippen molar-refractivity contribution in [2.75, 3.05) is 0 Å². The molecule has 16 heavy (non-hydrogen) atoms. The Morgan fingerprint density at radius 1 is 0.938 bits per heavy atom. The summed E-state index contributed by atoms with van der Waals surface area (Å²) >= 11 is 0. The molecule has 0 aromatic rings. The van der Waals surface area contributed by atoms with E-state index in [9.17, 15) is 0 Å². The Hall–Kier alpha value is -0.0151. The third kappa shape index (κ3) is 2.46. The highest BCUT2D eigenvalue weighted by Crippen LogP contribution is 2.39. The number of rotatable bonds is 2. The summed E-state index contributed by atoms with van der Waals surface area (Å²) in [6.45, 7) is 8.45. The highest BCUT2D eigenvalue weighted by atomic mass is 16.7. The number of hydrogen-bond acceptors (Lipinski definition) is 2. The molecule has 91 valence electrons. The normalized spacial score (nSPS) is 29.6. The Kier molecular flexibility index (Phi) is 3.38. The molecule has 0 N–H and O–H groups in total. The maximum absolute atomic E-state index is 5.99. The lowest BCUT2D eigenvalue weighted by atomic mass is 9.72. The van der Waals surface area contributed by atoms with Crippen molar-refractivity contribution in [2.45, 2.75) is 71.0 Å². The fourth-order valence-corrected chi connectivity index (χ4v) is 2.52. The fraction of sp³-hybridized carbons (Fsp3) is 0.923. The summed E-state index contributed by atoms with van der Waals surface area (Å²) in [5.74, 6) is 0.698. The molecule has 0 unspecified atom stereocenters. The van der Waals surface area contributed by atoms with E-state index in [1.807, 2.05) is 0 Å². The summed E-state index contributed by atoms with van der Waals surface area (Å²) in [4.78, 5) is 0. The lowest BCUT2D eigenvalue weighted by Crippen LogP contribution is -2.41. The van der Waals surface area contributed by atoms with Gasteiger partial charge in [0.2, 0.25) is 0 Å². The zero-order chi connectivity index (χ0) is 11.8. The van der Waals surface area contributed by atoms with Gasteiger partial charge in [0.15, 0.2) is 0 Å². The summed E-state index contributed by atoms with van der Waals surface area (Å²) in [5.41, 5.74) is -0.383. The van der Waals surface area contributed by atoms with Gasteiger partial charge in [-0.3, -0.25) is 0 Å². The molecule has 1 saturated heterocycles. The van der Waals surface area contributed by atoms with Gasteiger partial charge in [0.25, 0.3) is 0 Å². The zero-order valence-electron chi connectivity index (χ0n) is 11.1. The maximum atomic E-state index is 5.99. The Labute approximate surface area is 100 Å². The summed E-state index contributed by atoms with van der Waals surface area (Å²) in [5, 5.41) is 0. The van der Waals surface area contributed by atoms with E-state index in [4.69, 9.17) is 9.31 Å². The van der Waals surface area contributed by atoms with Crippen LogP contribution in [0.2, 0.25) is 0 Å². The SMILES string of the molecule is CC1(C)OB([CH]C2CCCCC2)OC1(C)C. The molecule has 1 saturated carbocycles. The van der Waals surface area contributed by atoms with Gasteiger partial charge in [-0.25, -0.2) is 0 Å². The average Bonchev–Trinajstić information content (AvgIpc) is 2.36. The average molecular weight is 223 g/mol. The van der Waals surface area contributed by atoms with Crippen LogP contribution >= 0.6 is 0 Å². The molecule has 2 nitrogen and oxygen atoms in total. The fourth-order valence-electron chi connectivity index (χ4n) is 2.52. The first kappa shape index (κ1) is 12.4. The van der Waals surface area contributed by atoms with Gasteiger partial charge >= 0.3 is 7.12 Å². The van der Waals surface area contributed by atoms with Crippen LogP contribution in [0, 0.1) is 12.2 Å². The molecule has 1 aliphatic carbocycles. The predicted molar refractivity (Wildman–Crippen MR) is 67.0 cm³/mol. The van der Waals surface area contributed by atoms with Gasteiger partial charge < -0.3 is 9.31 Å². The monoisotopic (exact) mass is 223 g/mol. The molecule has 1 heterocycles. The molecule has 1 aliphatic heterocycles. The third-order valence-electron chi connectivity index (χ3n) is 4.35. The van der Waals surface area contributed by atoms with Crippen molar-refractivity contribution >= 4 is 7.12 Å². The first-order valence-corrected chi connectivity index (χ1v) is 6.61. The van der Waals surface area contributed by atoms with Crippen LogP contribution in [-0.4, -0.2) is 18.3 Å². The smallest absolute Gasteiger partial charge is 0.403 e. The van der Waals surface area contributed by atoms with Crippen molar-refractivity contribution in [3.8, 4) is 0 Å². The van der Waals surface area contributed by atoms with Gasteiger partial charge in [0.1, 0.15) is 0 Å². The molecular weight excluding hydrogens is 199 g/mol. The molecule has 0 aromatic heterocycles. The summed E-state index contributed by atoms with van der Waals surface area (Å²) in [6.07, 6.45) is 9.03. The van der Waals surface area contributed by atoms with Gasteiger partial charge in [-0.2, -0.15) is 0 Å². The maximum Gasteiger partial charge on any atom is 0.461 e. The van der Waals surface area contributed by atoms with E-state index in [1.54, 1.807) is 0 Å². The minimum Gasteiger partial charge on any atom is -0.403 e. The molecule has 2 fully saturated rings. The van der Waals surface area contributed by atoms with Crippen LogP contribution in [0.5, 0.6) is 0 Å². The second kappa shape index (κ2) is 4.34. The second-order valence-electron chi connectivity index (χ2n) is 6.22. The van der Waals surface area contributed by atoms with Crippen LogP contribution in [-0.2, 0) is 9.31 Å². The molecule has 0 atom stereocenters. The van der Waals surface area contributed by atoms with Crippen LogP contribution in [0.15, 0.2) is 0 Å². The minimum absolute atomic E-state index is 0.104. The van der Waals surface area contributed by atoms with E-state index in [-0.39, 0.29) is 18.3 Å². The van der Waals surface area contributed by atoms with Crippen LogP contribution in [0.1, 0.15) is 59.8 Å². The molecule has 1 radical (unpaired) electrons. The molecule has 0 spiro atoms. The topological polar surface area (TPSA) is 18.5 Å². The van der Waals surface area contributed by atoms with Crippen molar-refractivity contribution in [3.05, 3.63) is 6.32 Å². The van der Waals surface area contributed by atoms with Crippen molar-refractivity contribution in [1.29, 1.82) is 0 Å². The number of hydrogen-bond donors (Lipinski definition) is 0. The van der Waals surface area contributed by atoms with E-state index < -0.39 is 0 Å². The van der Waals surface area contributed by atoms with Crippen molar-refractivity contribution in [1.82, 2.24) is 0 Å². The largest absolute Gasteiger partial charge is 0.461 e. The lowest BCUT2D eigenvalue weighted by Gasteiger charge is -2.32. The van der Waals surface area contributed by atoms with Gasteiger partial charge in [0.05, 0.1) is 11.2 Å². The van der Waals surface area contributed by atoms with Gasteiger partial charge in [0, 0.05) is 0 Å². The Morgan fingerprint density at radius 2 is 1.44 bits per heavy atom. The molecule has 0 amide bonds. The van der Waals surface area contributed by atoms with E-state index >= 15 is 0 Å². The highest BCUT2D eigenvalue weighted by molar-refractivity contribution is 6.50. The van der Waals surface area contributed by atoms with Crippen LogP contribution in [0.25, 0.3) is 0 Å². The van der Waals surface area contributed by atoms with E-state index in [0.717, 1.165) is 0 Å². The zero-order valence-corrected chi connectivity index (χ0v) is 11.1. The summed E-state index contributed by atoms with van der Waals surface area (Å²) < 4.78 is 12.0. The van der Waals surface area contributed by atoms with E-state index in [2.05, 4.69) is 34.0 Å². The Balaban J connectivity index is 1.88. The third-order valence-corrected chi connectivity index (χ3v) is 4.35. The van der Waals surface area contributed by atoms with Gasteiger partial charge in [-0.15, -0.1) is 0 Å². The van der Waals surface area contributed by atoms with Crippen LogP contribution < -0.4 is 0 Å². The van der Waals surface area contributed by atoms with Gasteiger partial charge in [-0.05, 0) is 39.9 Å². The Bertz CT molecular complexity index is 228. The predicted octanol–water partition coefficient (Wildman–Crippen LogP) is 3.40. The highest BCUT2D eigenvalue weighted by Gasteiger charge is 2.51. The molecule has 0 aromatic carbocycles. The Morgan fingerprint density at radius 3 is 1.94 bits per heavy atom. The van der Waals surface area contributed by atoms with Crippen molar-refractivity contribution in [2.24, 2.45) is 5.92 Å². The summed E-state index contributed by atoms with van der Waals surface area (Å²) in [6, 6.07) is 0. The molecule has 3 heteroatoms. The van der Waals surface area contributed by atoms with Gasteiger partial charge in [-0.1, -0.05) is 32.1 Å². The van der Waals surface area contributed by atoms with Crippen LogP contribution in [0.3, 0.4) is 0 Å². The lowest BCUT2D eigenvalue weighted by molar-refractivity contribution is 0.00578. The minimum atomic E-state index is -0.192. The summed E-state index contributed by atoms with van der Waals surface area (Å²) in [7, 11) is -0.104. The van der Waals surface area contributed by atoms with Crippen molar-refractivity contribution in [3.63, 3.8) is 0 Å². The van der Waals surface area contributed by atoms with E-state index in [0.29, 0.717) is 5.92 Å².